The number of nitrogens with one attached hydrogen (secondary N) is 1. The minimum absolute atomic E-state index is 0.319. The van der Waals surface area contributed by atoms with Gasteiger partial charge < -0.3 is 14.6 Å². The molecule has 1 aromatic carbocycles. The largest absolute Gasteiger partial charge is 0.381 e. The van der Waals surface area contributed by atoms with Crippen LogP contribution >= 0.6 is 0 Å². The zero-order valence-corrected chi connectivity index (χ0v) is 12.8. The highest BCUT2D eigenvalue weighted by Gasteiger charge is 2.17. The SMILES string of the molecule is Cc1noc(C)c1-c1ccc(NC2CCOCC2)c(N=O)c1. The van der Waals surface area contributed by atoms with E-state index in [9.17, 15) is 4.91 Å². The van der Waals surface area contributed by atoms with Crippen LogP contribution < -0.4 is 5.32 Å². The standard InChI is InChI=1S/C16H19N3O3/c1-10-16(11(2)22-19-10)12-3-4-14(15(9-12)18-20)17-13-5-7-21-8-6-13/h3-4,9,13,17H,5-8H2,1-2H3. The van der Waals surface area contributed by atoms with Gasteiger partial charge in [-0.25, -0.2) is 0 Å². The molecule has 2 heterocycles. The summed E-state index contributed by atoms with van der Waals surface area (Å²) in [5, 5.41) is 10.5. The van der Waals surface area contributed by atoms with E-state index < -0.39 is 0 Å². The smallest absolute Gasteiger partial charge is 0.141 e. The van der Waals surface area contributed by atoms with E-state index in [-0.39, 0.29) is 0 Å². The number of aryl methyl sites for hydroxylation is 2. The predicted molar refractivity (Wildman–Crippen MR) is 84.3 cm³/mol. The molecule has 1 aromatic heterocycles. The second kappa shape index (κ2) is 6.27. The first-order valence-corrected chi connectivity index (χ1v) is 7.44. The van der Waals surface area contributed by atoms with Gasteiger partial charge in [0.05, 0.1) is 11.4 Å². The van der Waals surface area contributed by atoms with Gasteiger partial charge >= 0.3 is 0 Å². The third-order valence-electron chi connectivity index (χ3n) is 4.00. The fraction of sp³-hybridized carbons (Fsp3) is 0.438. The Morgan fingerprint density at radius 2 is 2.05 bits per heavy atom. The summed E-state index contributed by atoms with van der Waals surface area (Å²) in [4.78, 5) is 11.2. The van der Waals surface area contributed by atoms with E-state index in [2.05, 4.69) is 15.7 Å². The zero-order valence-electron chi connectivity index (χ0n) is 12.8. The van der Waals surface area contributed by atoms with Gasteiger partial charge in [-0.2, -0.15) is 0 Å². The van der Waals surface area contributed by atoms with Crippen LogP contribution in [-0.2, 0) is 4.74 Å². The van der Waals surface area contributed by atoms with Crippen molar-refractivity contribution in [2.24, 2.45) is 5.18 Å². The molecule has 1 N–H and O–H groups in total. The molecule has 1 aliphatic heterocycles. The van der Waals surface area contributed by atoms with Gasteiger partial charge in [0.25, 0.3) is 0 Å². The highest BCUT2D eigenvalue weighted by molar-refractivity contribution is 5.77. The van der Waals surface area contributed by atoms with Gasteiger partial charge in [0.2, 0.25) is 0 Å². The lowest BCUT2D eigenvalue weighted by atomic mass is 10.0. The van der Waals surface area contributed by atoms with Crippen LogP contribution in [0.1, 0.15) is 24.3 Å². The number of benzene rings is 1. The van der Waals surface area contributed by atoms with Gasteiger partial charge in [-0.05, 0) is 49.6 Å². The molecule has 1 aliphatic rings. The fourth-order valence-corrected chi connectivity index (χ4v) is 2.84. The Labute approximate surface area is 128 Å². The summed E-state index contributed by atoms with van der Waals surface area (Å²) in [5.41, 5.74) is 3.78. The van der Waals surface area contributed by atoms with Crippen LogP contribution in [0.3, 0.4) is 0 Å². The zero-order chi connectivity index (χ0) is 15.5. The number of hydrogen-bond acceptors (Lipinski definition) is 6. The van der Waals surface area contributed by atoms with E-state index in [0.717, 1.165) is 54.3 Å². The maximum absolute atomic E-state index is 11.2. The number of anilines is 1. The molecule has 116 valence electrons. The van der Waals surface area contributed by atoms with Gasteiger partial charge in [-0.15, -0.1) is 4.91 Å². The van der Waals surface area contributed by atoms with Gasteiger partial charge in [-0.3, -0.25) is 0 Å². The highest BCUT2D eigenvalue weighted by Crippen LogP contribution is 2.34. The average Bonchev–Trinajstić information content (AvgIpc) is 2.88. The summed E-state index contributed by atoms with van der Waals surface area (Å²) >= 11 is 0. The first kappa shape index (κ1) is 14.7. The fourth-order valence-electron chi connectivity index (χ4n) is 2.84. The molecule has 1 fully saturated rings. The number of ether oxygens (including phenoxy) is 1. The maximum atomic E-state index is 11.2. The molecule has 22 heavy (non-hydrogen) atoms. The molecule has 0 atom stereocenters. The molecule has 0 spiro atoms. The van der Waals surface area contributed by atoms with Gasteiger partial charge in [0, 0.05) is 24.8 Å². The predicted octanol–water partition coefficient (Wildman–Crippen LogP) is 3.95. The van der Waals surface area contributed by atoms with Crippen LogP contribution in [0.25, 0.3) is 11.1 Å². The first-order chi connectivity index (χ1) is 10.7. The minimum atomic E-state index is 0.319. The molecule has 2 aromatic rings. The van der Waals surface area contributed by atoms with Crippen molar-refractivity contribution in [1.82, 2.24) is 5.16 Å². The molecule has 0 saturated carbocycles. The second-order valence-corrected chi connectivity index (χ2v) is 5.55. The molecule has 0 aliphatic carbocycles. The molecule has 3 rings (SSSR count). The van der Waals surface area contributed by atoms with Crippen molar-refractivity contribution in [2.45, 2.75) is 32.7 Å². The van der Waals surface area contributed by atoms with Crippen LogP contribution in [0.4, 0.5) is 11.4 Å². The van der Waals surface area contributed by atoms with Crippen molar-refractivity contribution < 1.29 is 9.26 Å². The average molecular weight is 301 g/mol. The van der Waals surface area contributed by atoms with E-state index >= 15 is 0 Å². The number of nitrogens with zero attached hydrogens (tertiary/aromatic N) is 2. The molecule has 1 saturated heterocycles. The van der Waals surface area contributed by atoms with Crippen LogP contribution in [0.2, 0.25) is 0 Å². The summed E-state index contributed by atoms with van der Waals surface area (Å²) in [7, 11) is 0. The Hall–Kier alpha value is -2.21. The Morgan fingerprint density at radius 3 is 2.68 bits per heavy atom. The van der Waals surface area contributed by atoms with Crippen LogP contribution in [0.5, 0.6) is 0 Å². The number of aromatic nitrogens is 1. The molecule has 6 heteroatoms. The quantitative estimate of drug-likeness (QED) is 0.865. The Balaban J connectivity index is 1.89. The minimum Gasteiger partial charge on any atom is -0.381 e. The van der Waals surface area contributed by atoms with Crippen molar-refractivity contribution in [1.29, 1.82) is 0 Å². The van der Waals surface area contributed by atoms with Crippen LogP contribution in [0.15, 0.2) is 27.9 Å². The first-order valence-electron chi connectivity index (χ1n) is 7.44. The molecular weight excluding hydrogens is 282 g/mol. The lowest BCUT2D eigenvalue weighted by molar-refractivity contribution is 0.0904. The van der Waals surface area contributed by atoms with Gasteiger partial charge in [-0.1, -0.05) is 11.2 Å². The Kier molecular flexibility index (Phi) is 4.20. The lowest BCUT2D eigenvalue weighted by Gasteiger charge is -2.24. The Morgan fingerprint density at radius 1 is 1.27 bits per heavy atom. The summed E-state index contributed by atoms with van der Waals surface area (Å²) in [6.07, 6.45) is 1.87. The van der Waals surface area contributed by atoms with Crippen molar-refractivity contribution in [2.75, 3.05) is 18.5 Å². The third-order valence-corrected chi connectivity index (χ3v) is 4.00. The van der Waals surface area contributed by atoms with Crippen molar-refractivity contribution >= 4 is 11.4 Å². The third kappa shape index (κ3) is 2.87. The molecule has 0 amide bonds. The van der Waals surface area contributed by atoms with Crippen molar-refractivity contribution in [3.05, 3.63) is 34.6 Å². The Bertz CT molecular complexity index is 656. The van der Waals surface area contributed by atoms with E-state index in [0.29, 0.717) is 11.7 Å². The van der Waals surface area contributed by atoms with Gasteiger partial charge in [0.1, 0.15) is 11.4 Å². The number of hydrogen-bond donors (Lipinski definition) is 1. The summed E-state index contributed by atoms with van der Waals surface area (Å²) in [5.74, 6) is 0.736. The van der Waals surface area contributed by atoms with Gasteiger partial charge in [0.15, 0.2) is 0 Å². The molecular formula is C16H19N3O3. The summed E-state index contributed by atoms with van der Waals surface area (Å²) < 4.78 is 10.5. The van der Waals surface area contributed by atoms with E-state index in [1.54, 1.807) is 6.07 Å². The van der Waals surface area contributed by atoms with Crippen molar-refractivity contribution in [3.63, 3.8) is 0 Å². The normalized spacial score (nSPS) is 15.7. The van der Waals surface area contributed by atoms with Crippen LogP contribution in [0, 0.1) is 18.8 Å². The van der Waals surface area contributed by atoms with E-state index in [4.69, 9.17) is 9.26 Å². The summed E-state index contributed by atoms with van der Waals surface area (Å²) in [6, 6.07) is 5.96. The number of nitroso groups, excluding NO2 is 1. The molecule has 6 nitrogen and oxygen atoms in total. The number of rotatable bonds is 4. The monoisotopic (exact) mass is 301 g/mol. The van der Waals surface area contributed by atoms with E-state index in [1.165, 1.54) is 0 Å². The van der Waals surface area contributed by atoms with E-state index in [1.807, 2.05) is 26.0 Å². The van der Waals surface area contributed by atoms with Crippen LogP contribution in [-0.4, -0.2) is 24.4 Å². The summed E-state index contributed by atoms with van der Waals surface area (Å²) in [6.45, 7) is 5.24. The lowest BCUT2D eigenvalue weighted by Crippen LogP contribution is -2.27. The maximum Gasteiger partial charge on any atom is 0.141 e. The topological polar surface area (TPSA) is 76.7 Å². The molecule has 0 radical (unpaired) electrons. The second-order valence-electron chi connectivity index (χ2n) is 5.55. The highest BCUT2D eigenvalue weighted by atomic mass is 16.5. The molecule has 0 unspecified atom stereocenters. The van der Waals surface area contributed by atoms with Crippen molar-refractivity contribution in [3.8, 4) is 11.1 Å². The molecule has 0 bridgehead atoms.